The maximum atomic E-state index is 5.92. The summed E-state index contributed by atoms with van der Waals surface area (Å²) in [6, 6.07) is 1.14. The third kappa shape index (κ3) is 3.08. The van der Waals surface area contributed by atoms with Gasteiger partial charge in [0.2, 0.25) is 0 Å². The SMILES string of the molecule is CCC1CCCCCN1CC1C=CC(N)C1. The van der Waals surface area contributed by atoms with Crippen molar-refractivity contribution in [2.45, 2.75) is 57.5 Å². The second-order valence-electron chi connectivity index (χ2n) is 5.45. The van der Waals surface area contributed by atoms with Gasteiger partial charge < -0.3 is 5.73 Å². The highest BCUT2D eigenvalue weighted by Gasteiger charge is 2.24. The second kappa shape index (κ2) is 5.83. The summed E-state index contributed by atoms with van der Waals surface area (Å²) in [7, 11) is 0. The number of nitrogens with zero attached hydrogens (tertiary/aromatic N) is 1. The minimum atomic E-state index is 0.317. The van der Waals surface area contributed by atoms with Crippen LogP contribution in [0.5, 0.6) is 0 Å². The molecule has 1 heterocycles. The van der Waals surface area contributed by atoms with Crippen molar-refractivity contribution in [3.8, 4) is 0 Å². The van der Waals surface area contributed by atoms with Crippen molar-refractivity contribution in [3.05, 3.63) is 12.2 Å². The van der Waals surface area contributed by atoms with E-state index in [-0.39, 0.29) is 0 Å². The predicted octanol–water partition coefficient (Wildman–Crippen LogP) is 2.54. The van der Waals surface area contributed by atoms with Crippen LogP contribution >= 0.6 is 0 Å². The van der Waals surface area contributed by atoms with Gasteiger partial charge in [0, 0.05) is 18.6 Å². The van der Waals surface area contributed by atoms with E-state index < -0.39 is 0 Å². The highest BCUT2D eigenvalue weighted by atomic mass is 15.2. The van der Waals surface area contributed by atoms with Gasteiger partial charge in [-0.3, -0.25) is 4.90 Å². The first-order chi connectivity index (χ1) is 7.79. The fourth-order valence-corrected chi connectivity index (χ4v) is 3.18. The van der Waals surface area contributed by atoms with Gasteiger partial charge >= 0.3 is 0 Å². The van der Waals surface area contributed by atoms with Crippen LogP contribution in [0, 0.1) is 5.92 Å². The lowest BCUT2D eigenvalue weighted by molar-refractivity contribution is 0.175. The van der Waals surface area contributed by atoms with Gasteiger partial charge in [-0.25, -0.2) is 0 Å². The Balaban J connectivity index is 1.87. The summed E-state index contributed by atoms with van der Waals surface area (Å²) >= 11 is 0. The first-order valence-corrected chi connectivity index (χ1v) is 6.97. The normalized spacial score (nSPS) is 36.5. The molecule has 1 aliphatic carbocycles. The summed E-state index contributed by atoms with van der Waals surface area (Å²) < 4.78 is 0. The average Bonchev–Trinajstić information content (AvgIpc) is 2.56. The fourth-order valence-electron chi connectivity index (χ4n) is 3.18. The molecule has 16 heavy (non-hydrogen) atoms. The lowest BCUT2D eigenvalue weighted by Crippen LogP contribution is -2.38. The molecule has 3 atom stereocenters. The number of rotatable bonds is 3. The predicted molar refractivity (Wildman–Crippen MR) is 69.3 cm³/mol. The quantitative estimate of drug-likeness (QED) is 0.744. The summed E-state index contributed by atoms with van der Waals surface area (Å²) in [6.07, 6.45) is 12.6. The summed E-state index contributed by atoms with van der Waals surface area (Å²) in [6.45, 7) is 4.88. The van der Waals surface area contributed by atoms with Crippen molar-refractivity contribution < 1.29 is 0 Å². The molecule has 3 unspecified atom stereocenters. The number of nitrogens with two attached hydrogens (primary N) is 1. The molecule has 0 spiro atoms. The highest BCUT2D eigenvalue weighted by Crippen LogP contribution is 2.24. The molecule has 0 bridgehead atoms. The molecule has 0 aromatic heterocycles. The minimum absolute atomic E-state index is 0.317. The van der Waals surface area contributed by atoms with E-state index >= 15 is 0 Å². The molecule has 0 radical (unpaired) electrons. The Bertz CT molecular complexity index is 237. The molecule has 1 saturated heterocycles. The largest absolute Gasteiger partial charge is 0.324 e. The monoisotopic (exact) mass is 222 g/mol. The van der Waals surface area contributed by atoms with Crippen molar-refractivity contribution in [2.75, 3.05) is 13.1 Å². The number of hydrogen-bond acceptors (Lipinski definition) is 2. The lowest BCUT2D eigenvalue weighted by Gasteiger charge is -2.31. The van der Waals surface area contributed by atoms with Crippen molar-refractivity contribution in [1.29, 1.82) is 0 Å². The van der Waals surface area contributed by atoms with E-state index in [1.165, 1.54) is 45.2 Å². The number of hydrogen-bond donors (Lipinski definition) is 1. The first kappa shape index (κ1) is 12.1. The van der Waals surface area contributed by atoms with Crippen LogP contribution in [-0.2, 0) is 0 Å². The maximum Gasteiger partial charge on any atom is 0.0229 e. The first-order valence-electron chi connectivity index (χ1n) is 6.97. The van der Waals surface area contributed by atoms with E-state index in [1.807, 2.05) is 0 Å². The van der Waals surface area contributed by atoms with Crippen molar-refractivity contribution in [2.24, 2.45) is 11.7 Å². The Morgan fingerprint density at radius 3 is 2.81 bits per heavy atom. The second-order valence-corrected chi connectivity index (χ2v) is 5.45. The molecule has 2 nitrogen and oxygen atoms in total. The van der Waals surface area contributed by atoms with Crippen molar-refractivity contribution in [1.82, 2.24) is 4.90 Å². The molecule has 2 aliphatic rings. The molecule has 92 valence electrons. The van der Waals surface area contributed by atoms with E-state index in [9.17, 15) is 0 Å². The Labute approximate surface area is 99.9 Å². The minimum Gasteiger partial charge on any atom is -0.324 e. The smallest absolute Gasteiger partial charge is 0.0229 e. The van der Waals surface area contributed by atoms with Crippen LogP contribution in [0.1, 0.15) is 45.4 Å². The Kier molecular flexibility index (Phi) is 4.42. The Morgan fingerprint density at radius 2 is 2.12 bits per heavy atom. The van der Waals surface area contributed by atoms with Gasteiger partial charge in [-0.05, 0) is 38.1 Å². The van der Waals surface area contributed by atoms with Gasteiger partial charge in [0.25, 0.3) is 0 Å². The van der Waals surface area contributed by atoms with E-state index in [1.54, 1.807) is 0 Å². The molecule has 0 amide bonds. The van der Waals surface area contributed by atoms with E-state index in [0.29, 0.717) is 12.0 Å². The zero-order chi connectivity index (χ0) is 11.4. The molecule has 0 saturated carbocycles. The molecule has 1 aliphatic heterocycles. The topological polar surface area (TPSA) is 29.3 Å². The third-order valence-electron chi connectivity index (χ3n) is 4.14. The van der Waals surface area contributed by atoms with Gasteiger partial charge in [0.05, 0.1) is 0 Å². The van der Waals surface area contributed by atoms with Crippen LogP contribution in [0.25, 0.3) is 0 Å². The van der Waals surface area contributed by atoms with Gasteiger partial charge in [-0.15, -0.1) is 0 Å². The molecule has 2 N–H and O–H groups in total. The van der Waals surface area contributed by atoms with E-state index in [4.69, 9.17) is 5.73 Å². The number of likely N-dealkylation sites (tertiary alicyclic amines) is 1. The molecular formula is C14H26N2. The standard InChI is InChI=1S/C14H26N2/c1-2-14-6-4-3-5-9-16(14)11-12-7-8-13(15)10-12/h7-8,12-14H,2-6,9-11,15H2,1H3. The molecular weight excluding hydrogens is 196 g/mol. The highest BCUT2D eigenvalue weighted by molar-refractivity contribution is 5.05. The lowest BCUT2D eigenvalue weighted by atomic mass is 10.0. The molecule has 2 heteroatoms. The van der Waals surface area contributed by atoms with Crippen LogP contribution in [0.3, 0.4) is 0 Å². The summed E-state index contributed by atoms with van der Waals surface area (Å²) in [4.78, 5) is 2.72. The average molecular weight is 222 g/mol. The summed E-state index contributed by atoms with van der Waals surface area (Å²) in [5.74, 6) is 0.710. The molecule has 0 aromatic rings. The zero-order valence-electron chi connectivity index (χ0n) is 10.6. The molecule has 2 rings (SSSR count). The van der Waals surface area contributed by atoms with Gasteiger partial charge in [0.1, 0.15) is 0 Å². The summed E-state index contributed by atoms with van der Waals surface area (Å²) in [5, 5.41) is 0. The van der Waals surface area contributed by atoms with Crippen LogP contribution in [-0.4, -0.2) is 30.1 Å². The Morgan fingerprint density at radius 1 is 1.25 bits per heavy atom. The maximum absolute atomic E-state index is 5.92. The van der Waals surface area contributed by atoms with E-state index in [0.717, 1.165) is 12.5 Å². The van der Waals surface area contributed by atoms with Crippen LogP contribution in [0.15, 0.2) is 12.2 Å². The van der Waals surface area contributed by atoms with E-state index in [2.05, 4.69) is 24.0 Å². The third-order valence-corrected chi connectivity index (χ3v) is 4.14. The van der Waals surface area contributed by atoms with Gasteiger partial charge in [0.15, 0.2) is 0 Å². The summed E-state index contributed by atoms with van der Waals surface area (Å²) in [5.41, 5.74) is 5.92. The van der Waals surface area contributed by atoms with Gasteiger partial charge in [-0.1, -0.05) is 31.9 Å². The molecule has 0 aromatic carbocycles. The van der Waals surface area contributed by atoms with Crippen molar-refractivity contribution >= 4 is 0 Å². The van der Waals surface area contributed by atoms with Crippen LogP contribution in [0.4, 0.5) is 0 Å². The van der Waals surface area contributed by atoms with Crippen LogP contribution in [0.2, 0.25) is 0 Å². The van der Waals surface area contributed by atoms with Crippen LogP contribution < -0.4 is 5.73 Å². The van der Waals surface area contributed by atoms with Gasteiger partial charge in [-0.2, -0.15) is 0 Å². The Hall–Kier alpha value is -0.340. The van der Waals surface area contributed by atoms with Crippen molar-refractivity contribution in [3.63, 3.8) is 0 Å². The molecule has 1 fully saturated rings. The fraction of sp³-hybridized carbons (Fsp3) is 0.857. The zero-order valence-corrected chi connectivity index (χ0v) is 10.6.